The molecule has 0 aliphatic heterocycles. The Hall–Kier alpha value is -0.710. The molecular formula is C72H159FN16. The van der Waals surface area contributed by atoms with Crippen LogP contribution in [0.1, 0.15) is 273 Å². The highest BCUT2D eigenvalue weighted by Gasteiger charge is 2.36. The van der Waals surface area contributed by atoms with E-state index in [1.165, 1.54) is 173 Å². The predicted molar refractivity (Wildman–Crippen MR) is 386 cm³/mol. The standard InChI is InChI=1S/C17H34N2.C15H30N2.C13H26N2.C8H20N2.C7H16N2.C6H13FN2.C4H12N2.C2H8N2/c1-10-5-14(6-11(2)16(10)18)9-15-7-12(3)17(19)13(4)8-15;1-10-7-12(3-5-14(10)16)9-13-4-6-15(17)11(2)8-13;14-12-5-1-10(2-6-12)9-11-3-7-13(15)8-4-11;9-7-5-3-1-2-4-6-8-10;1-5-4-6(8)2-3-7(5)9;7-5-3-4(8)1-2-6(5)9;5-3-1-2-4-6;3-1-2-4/h10-17H,5-9,18-19H2,1-4H3;10-15H,3-9,16-17H2,1-2H3;10-13H,1-9,14-15H2;1-10H2;5-7H,2-4,8-9H2,1H3;4-6H,1-3,8-9H2;1-6H2;1-4H2. The van der Waals surface area contributed by atoms with Crippen LogP contribution in [0.25, 0.3) is 0 Å². The molecule has 0 radical (unpaired) electrons. The molecule has 0 saturated heterocycles. The highest BCUT2D eigenvalue weighted by Crippen LogP contribution is 2.42. The van der Waals surface area contributed by atoms with E-state index in [9.17, 15) is 4.39 Å². The van der Waals surface area contributed by atoms with Gasteiger partial charge in [-0.05, 0) is 302 Å². The molecule has 8 aliphatic carbocycles. The zero-order chi connectivity index (χ0) is 66.8. The number of hydrogen-bond donors (Lipinski definition) is 16. The molecule has 8 rings (SSSR count). The molecule has 0 heterocycles. The summed E-state index contributed by atoms with van der Waals surface area (Å²) in [5, 5.41) is 0. The van der Waals surface area contributed by atoms with Gasteiger partial charge in [-0.3, -0.25) is 0 Å². The van der Waals surface area contributed by atoms with E-state index in [4.69, 9.17) is 91.7 Å². The summed E-state index contributed by atoms with van der Waals surface area (Å²) in [4.78, 5) is 0. The van der Waals surface area contributed by atoms with Crippen molar-refractivity contribution in [2.75, 3.05) is 39.3 Å². The lowest BCUT2D eigenvalue weighted by Gasteiger charge is -2.42. The molecule has 8 saturated carbocycles. The number of hydrogen-bond acceptors (Lipinski definition) is 16. The summed E-state index contributed by atoms with van der Waals surface area (Å²) in [6.45, 7) is 20.6. The van der Waals surface area contributed by atoms with Gasteiger partial charge >= 0.3 is 0 Å². The van der Waals surface area contributed by atoms with Crippen LogP contribution in [0.2, 0.25) is 0 Å². The fourth-order valence-electron chi connectivity index (χ4n) is 16.1. The predicted octanol–water partition coefficient (Wildman–Crippen LogP) is 9.17. The van der Waals surface area contributed by atoms with Crippen LogP contribution in [0.3, 0.4) is 0 Å². The lowest BCUT2D eigenvalue weighted by molar-refractivity contribution is 0.118. The van der Waals surface area contributed by atoms with Crippen molar-refractivity contribution in [2.24, 2.45) is 169 Å². The van der Waals surface area contributed by atoms with Crippen molar-refractivity contribution < 1.29 is 4.39 Å². The second kappa shape index (κ2) is 51.5. The summed E-state index contributed by atoms with van der Waals surface area (Å²) in [6.07, 6.45) is 42.5. The molecule has 0 aromatic carbocycles. The first kappa shape index (κ1) is 86.3. The largest absolute Gasteiger partial charge is 0.330 e. The zero-order valence-electron chi connectivity index (χ0n) is 59.5. The van der Waals surface area contributed by atoms with Crippen molar-refractivity contribution in [3.8, 4) is 0 Å². The fourth-order valence-corrected chi connectivity index (χ4v) is 16.1. The second-order valence-electron chi connectivity index (χ2n) is 31.2. The second-order valence-corrected chi connectivity index (χ2v) is 31.2. The maximum Gasteiger partial charge on any atom is 0.117 e. The van der Waals surface area contributed by atoms with Crippen molar-refractivity contribution in [2.45, 2.75) is 340 Å². The highest BCUT2D eigenvalue weighted by atomic mass is 19.1. The number of rotatable bonds is 17. The van der Waals surface area contributed by atoms with Crippen LogP contribution in [0.4, 0.5) is 4.39 Å². The first-order valence-corrected chi connectivity index (χ1v) is 37.7. The van der Waals surface area contributed by atoms with Crippen LogP contribution < -0.4 is 91.7 Å². The van der Waals surface area contributed by atoms with E-state index in [-0.39, 0.29) is 12.1 Å². The first-order valence-electron chi connectivity index (χ1n) is 37.7. The van der Waals surface area contributed by atoms with E-state index < -0.39 is 6.17 Å². The Morgan fingerprint density at radius 2 is 0.483 bits per heavy atom. The molecular weight excluding hydrogens is 1110 g/mol. The normalized spacial score (nSPS) is 38.7. The number of nitrogens with two attached hydrogens (primary N) is 16. The topological polar surface area (TPSA) is 416 Å². The molecule has 16 nitrogen and oxygen atoms in total. The molecule has 0 spiro atoms. The minimum atomic E-state index is -0.867. The van der Waals surface area contributed by atoms with Gasteiger partial charge in [0.15, 0.2) is 0 Å². The summed E-state index contributed by atoms with van der Waals surface area (Å²) in [7, 11) is 0. The number of alkyl halides is 1. The minimum Gasteiger partial charge on any atom is -0.330 e. The summed E-state index contributed by atoms with van der Waals surface area (Å²) in [5.74, 6) is 10.6. The van der Waals surface area contributed by atoms with Crippen LogP contribution in [0, 0.1) is 76.9 Å². The van der Waals surface area contributed by atoms with Crippen molar-refractivity contribution in [1.29, 1.82) is 0 Å². The van der Waals surface area contributed by atoms with E-state index in [2.05, 4.69) is 48.5 Å². The molecule has 0 bridgehead atoms. The third-order valence-electron chi connectivity index (χ3n) is 22.5. The van der Waals surface area contributed by atoms with Crippen molar-refractivity contribution in [3.05, 3.63) is 0 Å². The van der Waals surface area contributed by atoms with Gasteiger partial charge in [0.1, 0.15) is 6.17 Å². The van der Waals surface area contributed by atoms with Crippen molar-refractivity contribution in [1.82, 2.24) is 0 Å². The molecule has 89 heavy (non-hydrogen) atoms. The Kier molecular flexibility index (Phi) is 50.0. The molecule has 16 unspecified atom stereocenters. The Morgan fingerprint density at radius 3 is 0.775 bits per heavy atom. The SMILES string of the molecule is CC1CC(CC2CC(C)C(N)C(C)C2)CC(C)C1N.CC1CC(CC2CCC(N)C(C)C2)CCC1N.CC1CC(N)CCC1N.NC1CCC(CC2CCC(N)CC2)CC1.NC1CCC(N)C(F)C1.NCCCCCCCCN.NCCCCN.NCCN. The minimum absolute atomic E-state index is 0.0415. The van der Waals surface area contributed by atoms with Gasteiger partial charge in [-0.25, -0.2) is 4.39 Å². The van der Waals surface area contributed by atoms with E-state index in [0.29, 0.717) is 97.4 Å². The monoisotopic (exact) mass is 1270 g/mol. The van der Waals surface area contributed by atoms with E-state index >= 15 is 0 Å². The van der Waals surface area contributed by atoms with Gasteiger partial charge in [0.05, 0.1) is 0 Å². The zero-order valence-corrected chi connectivity index (χ0v) is 59.5. The van der Waals surface area contributed by atoms with Gasteiger partial charge in [-0.15, -0.1) is 0 Å². The highest BCUT2D eigenvalue weighted by molar-refractivity contribution is 4.91. The van der Waals surface area contributed by atoms with Gasteiger partial charge in [-0.1, -0.05) is 74.1 Å². The molecule has 0 amide bonds. The maximum absolute atomic E-state index is 12.6. The molecule has 32 N–H and O–H groups in total. The molecule has 17 heteroatoms. The van der Waals surface area contributed by atoms with Crippen molar-refractivity contribution >= 4 is 0 Å². The van der Waals surface area contributed by atoms with Crippen LogP contribution in [0.15, 0.2) is 0 Å². The molecule has 0 aromatic rings. The molecule has 8 fully saturated rings. The van der Waals surface area contributed by atoms with Crippen molar-refractivity contribution in [3.63, 3.8) is 0 Å². The average Bonchev–Trinajstić information content (AvgIpc) is 2.65. The Bertz CT molecular complexity index is 1460. The van der Waals surface area contributed by atoms with E-state index in [1.807, 2.05) is 0 Å². The molecule has 534 valence electrons. The van der Waals surface area contributed by atoms with Gasteiger partial charge in [0.2, 0.25) is 0 Å². The van der Waals surface area contributed by atoms with E-state index in [1.54, 1.807) is 0 Å². The van der Waals surface area contributed by atoms with Crippen LogP contribution in [-0.2, 0) is 0 Å². The smallest absolute Gasteiger partial charge is 0.117 e. The van der Waals surface area contributed by atoms with Crippen LogP contribution in [0.5, 0.6) is 0 Å². The maximum atomic E-state index is 12.6. The summed E-state index contributed by atoms with van der Waals surface area (Å²) < 4.78 is 12.6. The fraction of sp³-hybridized carbons (Fsp3) is 1.00. The molecule has 0 aromatic heterocycles. The third-order valence-corrected chi connectivity index (χ3v) is 22.5. The van der Waals surface area contributed by atoms with Gasteiger partial charge in [0.25, 0.3) is 0 Å². The van der Waals surface area contributed by atoms with Gasteiger partial charge < -0.3 is 91.7 Å². The lowest BCUT2D eigenvalue weighted by Crippen LogP contribution is -2.43. The molecule has 16 atom stereocenters. The number of halogens is 1. The Balaban J connectivity index is 0.000000528. The number of unbranched alkanes of at least 4 members (excludes halogenated alkanes) is 6. The summed E-state index contributed by atoms with van der Waals surface area (Å²) >= 11 is 0. The van der Waals surface area contributed by atoms with Crippen LogP contribution in [-0.4, -0.2) is 106 Å². The molecule has 8 aliphatic rings. The van der Waals surface area contributed by atoms with Gasteiger partial charge in [0, 0.05) is 73.5 Å². The lowest BCUT2D eigenvalue weighted by atomic mass is 9.66. The quantitative estimate of drug-likeness (QED) is 0.0603. The van der Waals surface area contributed by atoms with Crippen LogP contribution >= 0.6 is 0 Å². The first-order chi connectivity index (χ1) is 42.3. The average molecular weight is 1270 g/mol. The third kappa shape index (κ3) is 39.8. The summed E-state index contributed by atoms with van der Waals surface area (Å²) in [5.41, 5.74) is 89.8. The van der Waals surface area contributed by atoms with Gasteiger partial charge in [-0.2, -0.15) is 0 Å². The Morgan fingerprint density at radius 1 is 0.236 bits per heavy atom. The summed E-state index contributed by atoms with van der Waals surface area (Å²) in [6, 6.07) is 3.38. The van der Waals surface area contributed by atoms with E-state index in [0.717, 1.165) is 118 Å². The Labute approximate surface area is 549 Å².